The van der Waals surface area contributed by atoms with Crippen LogP contribution in [-0.4, -0.2) is 15.7 Å². The van der Waals surface area contributed by atoms with Crippen LogP contribution < -0.4 is 5.73 Å². The molecule has 4 nitrogen and oxygen atoms in total. The predicted octanol–water partition coefficient (Wildman–Crippen LogP) is 0.808. The van der Waals surface area contributed by atoms with Crippen molar-refractivity contribution >= 4 is 32.7 Å². The Bertz CT molecular complexity index is 346. The zero-order chi connectivity index (χ0) is 9.41. The molecule has 1 atom stereocenters. The quantitative estimate of drug-likeness (QED) is 0.427. The lowest BCUT2D eigenvalue weighted by Crippen LogP contribution is -2.30. The number of allylic oxidation sites excluding steroid dienone is 2. The Morgan fingerprint density at radius 2 is 2.25 bits per heavy atom. The van der Waals surface area contributed by atoms with Crippen LogP contribution in [0.4, 0.5) is 0 Å². The molecule has 0 aromatic rings. The molecule has 0 aliphatic heterocycles. The van der Waals surface area contributed by atoms with Crippen molar-refractivity contribution in [2.75, 3.05) is 0 Å². The summed E-state index contributed by atoms with van der Waals surface area (Å²) >= 11 is 1.68. The molecule has 6 heteroatoms. The first kappa shape index (κ1) is 10.0. The Morgan fingerprint density at radius 3 is 2.58 bits per heavy atom. The van der Waals surface area contributed by atoms with E-state index >= 15 is 0 Å². The van der Waals surface area contributed by atoms with Crippen LogP contribution in [0.2, 0.25) is 0 Å². The Hall–Kier alpha value is -0.0800. The topological polar surface area (TPSA) is 80.4 Å². The first-order chi connectivity index (χ1) is 5.35. The molecule has 0 aromatic heterocycles. The van der Waals surface area contributed by atoms with Crippen LogP contribution in [-0.2, 0) is 10.1 Å². The minimum absolute atomic E-state index is 0.203. The minimum atomic E-state index is -4.05. The zero-order valence-corrected chi connectivity index (χ0v) is 9.04. The van der Waals surface area contributed by atoms with Gasteiger partial charge in [0.2, 0.25) is 0 Å². The van der Waals surface area contributed by atoms with Gasteiger partial charge in [-0.25, -0.2) is 0 Å². The van der Waals surface area contributed by atoms with Crippen molar-refractivity contribution in [2.45, 2.75) is 9.17 Å². The van der Waals surface area contributed by atoms with Gasteiger partial charge in [-0.1, -0.05) is 28.7 Å². The summed E-state index contributed by atoms with van der Waals surface area (Å²) in [7, 11) is -4.05. The number of rotatable bonds is 1. The fraction of sp³-hybridized carbons (Fsp3) is 0.333. The summed E-state index contributed by atoms with van der Waals surface area (Å²) in [4.78, 5) is 0. The number of hydrogen-bond acceptors (Lipinski definition) is 3. The fourth-order valence-electron chi connectivity index (χ4n) is 0.805. The van der Waals surface area contributed by atoms with E-state index in [9.17, 15) is 8.42 Å². The summed E-state index contributed by atoms with van der Waals surface area (Å²) in [6.07, 6.45) is 4.64. The van der Waals surface area contributed by atoms with E-state index in [0.717, 1.165) is 0 Å². The molecule has 0 fully saturated rings. The van der Waals surface area contributed by atoms with Crippen molar-refractivity contribution in [3.8, 4) is 0 Å². The standard InChI is InChI=1S/C6H8INO3S/c7-6(12(9,10)11)3-1-5(8)2-4-6/h1-3H,4,8H2,(H,9,10,11). The highest BCUT2D eigenvalue weighted by Crippen LogP contribution is 2.34. The lowest BCUT2D eigenvalue weighted by atomic mass is 10.1. The van der Waals surface area contributed by atoms with Crippen LogP contribution in [0.3, 0.4) is 0 Å². The maximum absolute atomic E-state index is 10.8. The van der Waals surface area contributed by atoms with E-state index in [0.29, 0.717) is 5.70 Å². The molecule has 0 saturated heterocycles. The second kappa shape index (κ2) is 3.00. The van der Waals surface area contributed by atoms with Crippen molar-refractivity contribution in [1.82, 2.24) is 0 Å². The first-order valence-corrected chi connectivity index (χ1v) is 5.68. The Kier molecular flexibility index (Phi) is 2.50. The van der Waals surface area contributed by atoms with Gasteiger partial charge in [-0.15, -0.1) is 0 Å². The number of hydrogen-bond donors (Lipinski definition) is 2. The molecule has 0 radical (unpaired) electrons. The molecule has 0 bridgehead atoms. The van der Waals surface area contributed by atoms with E-state index in [1.54, 1.807) is 28.7 Å². The predicted molar refractivity (Wildman–Crippen MR) is 54.3 cm³/mol. The highest BCUT2D eigenvalue weighted by Gasteiger charge is 2.37. The minimum Gasteiger partial charge on any atom is -0.399 e. The molecule has 12 heavy (non-hydrogen) atoms. The molecule has 1 rings (SSSR count). The molecular weight excluding hydrogens is 293 g/mol. The van der Waals surface area contributed by atoms with E-state index in [1.807, 2.05) is 0 Å². The SMILES string of the molecule is NC1=CCC(I)(S(=O)(=O)O)C=C1. The van der Waals surface area contributed by atoms with Crippen LogP contribution in [0.25, 0.3) is 0 Å². The normalized spacial score (nSPS) is 30.0. The molecule has 0 spiro atoms. The van der Waals surface area contributed by atoms with E-state index < -0.39 is 12.9 Å². The first-order valence-electron chi connectivity index (χ1n) is 3.16. The summed E-state index contributed by atoms with van der Waals surface area (Å²) in [6, 6.07) is 0. The second-order valence-corrected chi connectivity index (χ2v) is 6.84. The summed E-state index contributed by atoms with van der Waals surface area (Å²) in [6.45, 7) is 0. The molecule has 0 saturated carbocycles. The highest BCUT2D eigenvalue weighted by atomic mass is 127. The summed E-state index contributed by atoms with van der Waals surface area (Å²) in [5, 5.41) is 0. The number of nitrogens with two attached hydrogens (primary N) is 1. The Labute approximate surface area is 84.4 Å². The fourth-order valence-corrected chi connectivity index (χ4v) is 1.74. The average molecular weight is 301 g/mol. The lowest BCUT2D eigenvalue weighted by molar-refractivity contribution is 0.472. The third-order valence-electron chi connectivity index (χ3n) is 1.57. The van der Waals surface area contributed by atoms with Gasteiger partial charge in [0.25, 0.3) is 10.1 Å². The maximum Gasteiger partial charge on any atom is 0.284 e. The largest absolute Gasteiger partial charge is 0.399 e. The maximum atomic E-state index is 10.8. The smallest absolute Gasteiger partial charge is 0.284 e. The third-order valence-corrected chi connectivity index (χ3v) is 5.20. The molecule has 0 aromatic carbocycles. The van der Waals surface area contributed by atoms with Crippen LogP contribution in [0.5, 0.6) is 0 Å². The van der Waals surface area contributed by atoms with E-state index in [2.05, 4.69) is 0 Å². The summed E-state index contributed by atoms with van der Waals surface area (Å²) < 4.78 is 29.3. The van der Waals surface area contributed by atoms with Crippen LogP contribution in [0.15, 0.2) is 23.9 Å². The van der Waals surface area contributed by atoms with Crippen molar-refractivity contribution < 1.29 is 13.0 Å². The van der Waals surface area contributed by atoms with Crippen LogP contribution in [0.1, 0.15) is 6.42 Å². The monoisotopic (exact) mass is 301 g/mol. The van der Waals surface area contributed by atoms with Gasteiger partial charge in [0.05, 0.1) is 0 Å². The van der Waals surface area contributed by atoms with E-state index in [-0.39, 0.29) is 6.42 Å². The molecular formula is C6H8INO3S. The van der Waals surface area contributed by atoms with Gasteiger partial charge in [0.15, 0.2) is 2.75 Å². The molecule has 68 valence electrons. The van der Waals surface area contributed by atoms with E-state index in [1.165, 1.54) is 12.2 Å². The van der Waals surface area contributed by atoms with Crippen molar-refractivity contribution in [3.05, 3.63) is 23.9 Å². The average Bonchev–Trinajstić information content (AvgIpc) is 1.93. The Balaban J connectivity index is 3.02. The Morgan fingerprint density at radius 1 is 1.67 bits per heavy atom. The van der Waals surface area contributed by atoms with Gasteiger partial charge in [-0.2, -0.15) is 8.42 Å². The molecule has 1 aliphatic carbocycles. The molecule has 3 N–H and O–H groups in total. The number of halogens is 1. The van der Waals surface area contributed by atoms with Gasteiger partial charge < -0.3 is 5.73 Å². The molecule has 0 heterocycles. The lowest BCUT2D eigenvalue weighted by Gasteiger charge is -2.21. The van der Waals surface area contributed by atoms with Crippen molar-refractivity contribution in [1.29, 1.82) is 0 Å². The number of alkyl halides is 1. The molecule has 0 amide bonds. The van der Waals surface area contributed by atoms with Crippen molar-refractivity contribution in [3.63, 3.8) is 0 Å². The molecule has 1 unspecified atom stereocenters. The molecule has 1 aliphatic rings. The highest BCUT2D eigenvalue weighted by molar-refractivity contribution is 14.1. The zero-order valence-electron chi connectivity index (χ0n) is 6.07. The summed E-state index contributed by atoms with van der Waals surface area (Å²) in [5.41, 5.74) is 5.91. The van der Waals surface area contributed by atoms with Gasteiger partial charge in [0.1, 0.15) is 0 Å². The van der Waals surface area contributed by atoms with Gasteiger partial charge >= 0.3 is 0 Å². The van der Waals surface area contributed by atoms with Gasteiger partial charge in [-0.05, 0) is 12.2 Å². The van der Waals surface area contributed by atoms with Gasteiger partial charge in [-0.3, -0.25) is 4.55 Å². The van der Waals surface area contributed by atoms with Gasteiger partial charge in [0, 0.05) is 12.1 Å². The second-order valence-electron chi connectivity index (χ2n) is 2.50. The van der Waals surface area contributed by atoms with E-state index in [4.69, 9.17) is 10.3 Å². The third kappa shape index (κ3) is 1.80. The summed E-state index contributed by atoms with van der Waals surface area (Å²) in [5.74, 6) is 0. The van der Waals surface area contributed by atoms with Crippen LogP contribution >= 0.6 is 22.6 Å². The van der Waals surface area contributed by atoms with Crippen molar-refractivity contribution in [2.24, 2.45) is 5.73 Å². The van der Waals surface area contributed by atoms with Crippen LogP contribution in [0, 0.1) is 0 Å².